The average molecular weight is 513 g/mol. The van der Waals surface area contributed by atoms with Crippen LogP contribution >= 0.6 is 0 Å². The lowest BCUT2D eigenvalue weighted by molar-refractivity contribution is -0.274. The fourth-order valence-corrected chi connectivity index (χ4v) is 4.69. The number of amides is 3. The Balaban J connectivity index is 1.20. The normalized spacial score (nSPS) is 17.6. The smallest absolute Gasteiger partial charge is 0.441 e. The Morgan fingerprint density at radius 1 is 1.08 bits per heavy atom. The summed E-state index contributed by atoms with van der Waals surface area (Å²) in [5.74, 6) is -0.387. The number of aryl methyl sites for hydroxylation is 2. The zero-order valence-corrected chi connectivity index (χ0v) is 19.5. The second kappa shape index (κ2) is 9.72. The Kier molecular flexibility index (Phi) is 6.45. The molecule has 8 nitrogen and oxygen atoms in total. The number of fused-ring (bicyclic) bond motifs is 1. The molecule has 1 atom stereocenters. The van der Waals surface area contributed by atoms with Crippen LogP contribution in [-0.4, -0.2) is 40.0 Å². The van der Waals surface area contributed by atoms with E-state index in [2.05, 4.69) is 15.0 Å². The predicted molar refractivity (Wildman–Crippen MR) is 123 cm³/mol. The van der Waals surface area contributed by atoms with Crippen LogP contribution in [0.4, 0.5) is 13.2 Å². The fraction of sp³-hybridized carbons (Fsp3) is 0.308. The molecule has 1 fully saturated rings. The number of aromatic nitrogens is 1. The molecular formula is C26H22F3N3O5. The molecule has 0 aliphatic carbocycles. The Hall–Kier alpha value is -4.15. The number of imide groups is 1. The number of halogens is 3. The second-order valence-electron chi connectivity index (χ2n) is 8.90. The number of rotatable bonds is 7. The van der Waals surface area contributed by atoms with Crippen molar-refractivity contribution in [2.75, 3.05) is 0 Å². The van der Waals surface area contributed by atoms with Crippen molar-refractivity contribution in [1.82, 2.24) is 15.2 Å². The van der Waals surface area contributed by atoms with Gasteiger partial charge in [-0.25, -0.2) is 4.98 Å². The van der Waals surface area contributed by atoms with Gasteiger partial charge in [-0.15, -0.1) is 13.2 Å². The summed E-state index contributed by atoms with van der Waals surface area (Å²) in [4.78, 5) is 42.5. The van der Waals surface area contributed by atoms with Gasteiger partial charge >= 0.3 is 6.36 Å². The first-order chi connectivity index (χ1) is 17.7. The Labute approximate surface area is 209 Å². The third kappa shape index (κ3) is 5.35. The number of nitrogens with zero attached hydrogens (tertiary/aromatic N) is 2. The van der Waals surface area contributed by atoms with E-state index >= 15 is 0 Å². The lowest BCUT2D eigenvalue weighted by atomic mass is 9.98. The maximum absolute atomic E-state index is 13.0. The second-order valence-corrected chi connectivity index (χ2v) is 8.90. The molecule has 11 heteroatoms. The molecule has 2 aliphatic rings. The van der Waals surface area contributed by atoms with Crippen molar-refractivity contribution in [3.05, 3.63) is 71.1 Å². The molecule has 5 rings (SSSR count). The molecule has 2 aliphatic heterocycles. The van der Waals surface area contributed by atoms with E-state index in [4.69, 9.17) is 4.42 Å². The Bertz CT molecular complexity index is 1350. The summed E-state index contributed by atoms with van der Waals surface area (Å²) in [7, 11) is 0. The van der Waals surface area contributed by atoms with E-state index < -0.39 is 18.3 Å². The van der Waals surface area contributed by atoms with E-state index in [-0.39, 0.29) is 24.0 Å². The number of hydrogen-bond acceptors (Lipinski definition) is 6. The topological polar surface area (TPSA) is 102 Å². The molecule has 1 N–H and O–H groups in total. The molecule has 0 bridgehead atoms. The van der Waals surface area contributed by atoms with Gasteiger partial charge in [0.1, 0.15) is 17.6 Å². The quantitative estimate of drug-likeness (QED) is 0.476. The van der Waals surface area contributed by atoms with Crippen molar-refractivity contribution in [2.24, 2.45) is 0 Å². The minimum atomic E-state index is -4.76. The number of carbonyl (C=O) groups excluding carboxylic acids is 3. The van der Waals surface area contributed by atoms with Crippen molar-refractivity contribution < 1.29 is 36.7 Å². The lowest BCUT2D eigenvalue weighted by Gasteiger charge is -2.29. The highest BCUT2D eigenvalue weighted by Gasteiger charge is 2.39. The zero-order chi connectivity index (χ0) is 26.2. The Morgan fingerprint density at radius 3 is 2.59 bits per heavy atom. The van der Waals surface area contributed by atoms with E-state index in [1.807, 2.05) is 12.1 Å². The highest BCUT2D eigenvalue weighted by molar-refractivity contribution is 6.05. The molecule has 3 heterocycles. The highest BCUT2D eigenvalue weighted by Crippen LogP contribution is 2.31. The third-order valence-corrected chi connectivity index (χ3v) is 6.44. The standard InChI is InChI=1S/C26H22F3N3O5/c27-26(28,29)37-17-9-7-16(8-10-17)24-30-13-18(36-24)5-1-3-15-4-2-6-19-20(15)14-32(25(19)35)21-11-12-22(33)31-23(21)34/h2,4,6-10,13,21H,1,3,5,11-12,14H2,(H,31,33,34). The number of oxazole rings is 1. The number of alkyl halides is 3. The lowest BCUT2D eigenvalue weighted by Crippen LogP contribution is -2.52. The van der Waals surface area contributed by atoms with Crippen LogP contribution in [0.2, 0.25) is 0 Å². The SMILES string of the molecule is O=C1CCC(N2Cc3c(CCCc4cnc(-c5ccc(OC(F)(F)F)cc5)o4)cccc3C2=O)C(=O)N1. The summed E-state index contributed by atoms with van der Waals surface area (Å²) >= 11 is 0. The van der Waals surface area contributed by atoms with Gasteiger partial charge in [-0.2, -0.15) is 0 Å². The van der Waals surface area contributed by atoms with Gasteiger partial charge in [-0.1, -0.05) is 12.1 Å². The van der Waals surface area contributed by atoms with Gasteiger partial charge in [0.25, 0.3) is 5.91 Å². The molecule has 1 saturated heterocycles. The van der Waals surface area contributed by atoms with Gasteiger partial charge in [0, 0.05) is 30.5 Å². The van der Waals surface area contributed by atoms with Crippen LogP contribution in [0.5, 0.6) is 5.75 Å². The zero-order valence-electron chi connectivity index (χ0n) is 19.5. The number of ether oxygens (including phenoxy) is 1. The van der Waals surface area contributed by atoms with E-state index in [1.54, 1.807) is 12.3 Å². The molecule has 0 radical (unpaired) electrons. The molecular weight excluding hydrogens is 491 g/mol. The van der Waals surface area contributed by atoms with Crippen LogP contribution in [0.3, 0.4) is 0 Å². The van der Waals surface area contributed by atoms with Crippen molar-refractivity contribution in [2.45, 2.75) is 51.1 Å². The summed E-state index contributed by atoms with van der Waals surface area (Å²) in [6.45, 7) is 0.317. The summed E-state index contributed by atoms with van der Waals surface area (Å²) in [5, 5.41) is 2.31. The first-order valence-electron chi connectivity index (χ1n) is 11.7. The predicted octanol–water partition coefficient (Wildman–Crippen LogP) is 4.18. The van der Waals surface area contributed by atoms with Gasteiger partial charge in [0.2, 0.25) is 17.7 Å². The van der Waals surface area contributed by atoms with Crippen LogP contribution in [0.25, 0.3) is 11.5 Å². The van der Waals surface area contributed by atoms with Crippen LogP contribution < -0.4 is 10.1 Å². The van der Waals surface area contributed by atoms with Gasteiger partial charge in [0.05, 0.1) is 6.20 Å². The molecule has 2 aromatic carbocycles. The number of carbonyl (C=O) groups is 3. The Morgan fingerprint density at radius 2 is 1.86 bits per heavy atom. The minimum absolute atomic E-state index is 0.202. The molecule has 3 amide bonds. The van der Waals surface area contributed by atoms with Gasteiger partial charge in [-0.05, 0) is 60.7 Å². The van der Waals surface area contributed by atoms with Crippen molar-refractivity contribution in [3.8, 4) is 17.2 Å². The van der Waals surface area contributed by atoms with E-state index in [0.717, 1.165) is 11.1 Å². The maximum atomic E-state index is 13.0. The summed E-state index contributed by atoms with van der Waals surface area (Å²) < 4.78 is 46.6. The fourth-order valence-electron chi connectivity index (χ4n) is 4.69. The highest BCUT2D eigenvalue weighted by atomic mass is 19.4. The van der Waals surface area contributed by atoms with Crippen molar-refractivity contribution >= 4 is 17.7 Å². The van der Waals surface area contributed by atoms with Gasteiger partial charge in [0.15, 0.2) is 0 Å². The van der Waals surface area contributed by atoms with Crippen LogP contribution in [0, 0.1) is 0 Å². The van der Waals surface area contributed by atoms with Gasteiger partial charge in [-0.3, -0.25) is 19.7 Å². The number of piperidine rings is 1. The summed E-state index contributed by atoms with van der Waals surface area (Å²) in [6.07, 6.45) is -0.724. The average Bonchev–Trinajstić information content (AvgIpc) is 3.44. The first-order valence-corrected chi connectivity index (χ1v) is 11.7. The molecule has 0 spiro atoms. The number of hydrogen-bond donors (Lipinski definition) is 1. The number of benzene rings is 2. The van der Waals surface area contributed by atoms with Crippen molar-refractivity contribution in [3.63, 3.8) is 0 Å². The van der Waals surface area contributed by atoms with Crippen LogP contribution in [0.15, 0.2) is 53.1 Å². The molecule has 1 unspecified atom stereocenters. The van der Waals surface area contributed by atoms with Crippen molar-refractivity contribution in [1.29, 1.82) is 0 Å². The monoisotopic (exact) mass is 513 g/mol. The van der Waals surface area contributed by atoms with Crippen LogP contribution in [-0.2, 0) is 29.0 Å². The van der Waals surface area contributed by atoms with Gasteiger partial charge < -0.3 is 14.1 Å². The van der Waals surface area contributed by atoms with Crippen LogP contribution in [0.1, 0.15) is 46.5 Å². The molecule has 192 valence electrons. The van der Waals surface area contributed by atoms with E-state index in [0.29, 0.717) is 55.0 Å². The van der Waals surface area contributed by atoms with E-state index in [9.17, 15) is 27.6 Å². The summed E-state index contributed by atoms with van der Waals surface area (Å²) in [6, 6.07) is 10.1. The third-order valence-electron chi connectivity index (χ3n) is 6.44. The molecule has 3 aromatic rings. The minimum Gasteiger partial charge on any atom is -0.441 e. The molecule has 37 heavy (non-hydrogen) atoms. The maximum Gasteiger partial charge on any atom is 0.573 e. The summed E-state index contributed by atoms with van der Waals surface area (Å²) in [5.41, 5.74) is 2.98. The largest absolute Gasteiger partial charge is 0.573 e. The molecule has 0 saturated carbocycles. The first kappa shape index (κ1) is 24.5. The molecule has 1 aromatic heterocycles. The van der Waals surface area contributed by atoms with E-state index in [1.165, 1.54) is 29.2 Å². The number of nitrogens with one attached hydrogen (secondary N) is 1.